The second kappa shape index (κ2) is 5.14. The number of benzene rings is 1. The summed E-state index contributed by atoms with van der Waals surface area (Å²) in [6.07, 6.45) is -1.03. The lowest BCUT2D eigenvalue weighted by atomic mass is 9.86. The van der Waals surface area contributed by atoms with Crippen LogP contribution in [0.1, 0.15) is 40.0 Å². The lowest BCUT2D eigenvalue weighted by molar-refractivity contribution is 0.00578. The first-order chi connectivity index (χ1) is 14.0. The van der Waals surface area contributed by atoms with E-state index in [1.807, 2.05) is 0 Å². The zero-order valence-corrected chi connectivity index (χ0v) is 12.7. The van der Waals surface area contributed by atoms with Crippen LogP contribution in [0.4, 0.5) is 0 Å². The maximum Gasteiger partial charge on any atom is 0.516 e. The Morgan fingerprint density at radius 1 is 1.23 bits per heavy atom. The molecular formula is C16H21BN2O3. The summed E-state index contributed by atoms with van der Waals surface area (Å²) in [7, 11) is -4.14. The summed E-state index contributed by atoms with van der Waals surface area (Å²) in [6, 6.07) is -2.82. The normalized spacial score (nSPS) is 25.8. The van der Waals surface area contributed by atoms with Gasteiger partial charge in [-0.1, -0.05) is 12.1 Å². The van der Waals surface area contributed by atoms with E-state index in [0.717, 1.165) is 4.57 Å². The molecule has 22 heavy (non-hydrogen) atoms. The number of imidazole rings is 1. The van der Waals surface area contributed by atoms with Gasteiger partial charge in [0, 0.05) is 6.17 Å². The highest BCUT2D eigenvalue weighted by molar-refractivity contribution is 6.61. The van der Waals surface area contributed by atoms with Crippen molar-refractivity contribution in [3.8, 4) is 11.4 Å². The lowest BCUT2D eigenvalue weighted by Crippen LogP contribution is -2.41. The van der Waals surface area contributed by atoms with Gasteiger partial charge in [0.05, 0.1) is 46.8 Å². The third kappa shape index (κ3) is 2.42. The van der Waals surface area contributed by atoms with Crippen LogP contribution in [0.3, 0.4) is 0 Å². The molecule has 2 heterocycles. The van der Waals surface area contributed by atoms with Gasteiger partial charge >= 0.3 is 7.12 Å². The molecule has 0 unspecified atom stereocenters. The minimum absolute atomic E-state index is 0.0871. The number of hydrogen-bond acceptors (Lipinski definition) is 4. The number of para-hydroxylation sites is 2. The fourth-order valence-electron chi connectivity index (χ4n) is 1.96. The molecule has 0 aliphatic carbocycles. The molecule has 116 valence electrons. The van der Waals surface area contributed by atoms with Crippen molar-refractivity contribution < 1.29 is 26.4 Å². The Morgan fingerprint density at radius 2 is 1.91 bits per heavy atom. The number of aromatic nitrogens is 2. The molecule has 0 N–H and O–H groups in total. The third-order valence-electron chi connectivity index (χ3n) is 3.93. The van der Waals surface area contributed by atoms with Crippen LogP contribution in [0.15, 0.2) is 36.6 Å². The summed E-state index contributed by atoms with van der Waals surface area (Å²) in [5.41, 5.74) is -2.09. The molecule has 6 heteroatoms. The molecular weight excluding hydrogens is 279 g/mol. The van der Waals surface area contributed by atoms with E-state index in [-0.39, 0.29) is 5.59 Å². The molecule has 0 amide bonds. The van der Waals surface area contributed by atoms with Crippen molar-refractivity contribution >= 4 is 12.7 Å². The van der Waals surface area contributed by atoms with E-state index < -0.39 is 73.4 Å². The van der Waals surface area contributed by atoms with Crippen LogP contribution in [-0.4, -0.2) is 34.9 Å². The molecule has 2 aromatic rings. The molecule has 1 fully saturated rings. The predicted molar refractivity (Wildman–Crippen MR) is 85.8 cm³/mol. The fourth-order valence-corrected chi connectivity index (χ4v) is 1.96. The summed E-state index contributed by atoms with van der Waals surface area (Å²) < 4.78 is 88.2. The van der Waals surface area contributed by atoms with Crippen LogP contribution in [0.2, 0.25) is 0 Å². The number of ether oxygens (including phenoxy) is 1. The molecule has 0 bridgehead atoms. The molecule has 1 aromatic carbocycles. The second-order valence-corrected chi connectivity index (χ2v) is 5.91. The smallest absolute Gasteiger partial charge is 0.495 e. The van der Waals surface area contributed by atoms with Crippen LogP contribution in [0.25, 0.3) is 5.69 Å². The topological polar surface area (TPSA) is 45.5 Å². The number of methoxy groups -OCH3 is 1. The Balaban J connectivity index is 2.24. The van der Waals surface area contributed by atoms with E-state index in [9.17, 15) is 0 Å². The van der Waals surface area contributed by atoms with E-state index in [4.69, 9.17) is 26.4 Å². The van der Waals surface area contributed by atoms with E-state index in [0.29, 0.717) is 0 Å². The maximum absolute atomic E-state index is 8.52. The monoisotopic (exact) mass is 309 g/mol. The molecule has 0 radical (unpaired) electrons. The van der Waals surface area contributed by atoms with Crippen molar-refractivity contribution in [3.63, 3.8) is 0 Å². The van der Waals surface area contributed by atoms with Gasteiger partial charge in [0.15, 0.2) is 0 Å². The molecule has 5 nitrogen and oxygen atoms in total. The van der Waals surface area contributed by atoms with Gasteiger partial charge < -0.3 is 18.6 Å². The number of rotatable bonds is 3. The second-order valence-electron chi connectivity index (χ2n) is 5.91. The van der Waals surface area contributed by atoms with Crippen molar-refractivity contribution in [2.45, 2.75) is 38.9 Å². The zero-order valence-electron chi connectivity index (χ0n) is 21.7. The molecule has 1 saturated heterocycles. The first-order valence-corrected chi connectivity index (χ1v) is 6.69. The van der Waals surface area contributed by atoms with Gasteiger partial charge in [-0.05, 0) is 39.8 Å². The first kappa shape index (κ1) is 7.66. The summed E-state index contributed by atoms with van der Waals surface area (Å²) >= 11 is 0. The lowest BCUT2D eigenvalue weighted by Gasteiger charge is -2.32. The standard InChI is InChI=1S/C16H21BN2O3/c1-15(2)16(3,4)22-17(21-15)14-10-19(11-18-14)12-8-6-7-9-13(12)20-5/h6-11H,1-5H3/i5D3,6D,7D,8D,9D,10D,11D. The number of nitrogens with zero attached hydrogens (tertiary/aromatic N) is 2. The zero-order chi connectivity index (χ0) is 23.7. The highest BCUT2D eigenvalue weighted by Crippen LogP contribution is 2.36. The van der Waals surface area contributed by atoms with Gasteiger partial charge in [-0.2, -0.15) is 0 Å². The molecule has 1 aliphatic heterocycles. The molecule has 1 aromatic heterocycles. The SMILES string of the molecule is [2H]c1c([2H])c([2H])c(-n2c([2H])nc(B3OC(C)(C)C(C)(C)O3)c2[2H])c(OC([2H])([2H])[2H])c1[2H]. The van der Waals surface area contributed by atoms with Gasteiger partial charge in [-0.3, -0.25) is 0 Å². The third-order valence-corrected chi connectivity index (χ3v) is 3.93. The Labute approximate surface area is 144 Å². The van der Waals surface area contributed by atoms with E-state index in [1.165, 1.54) is 0 Å². The predicted octanol–water partition coefficient (Wildman–Crippen LogP) is 2.18. The van der Waals surface area contributed by atoms with E-state index in [1.54, 1.807) is 27.7 Å². The van der Waals surface area contributed by atoms with Crippen LogP contribution in [-0.2, 0) is 9.31 Å². The minimum atomic E-state index is -3.04. The van der Waals surface area contributed by atoms with Gasteiger partial charge in [-0.25, -0.2) is 4.98 Å². The molecule has 0 spiro atoms. The van der Waals surface area contributed by atoms with Crippen LogP contribution < -0.4 is 10.3 Å². The van der Waals surface area contributed by atoms with Crippen LogP contribution in [0, 0.1) is 0 Å². The van der Waals surface area contributed by atoms with Crippen molar-refractivity contribution in [1.82, 2.24) is 9.55 Å². The van der Waals surface area contributed by atoms with E-state index in [2.05, 4.69) is 4.98 Å². The number of hydrogen-bond donors (Lipinski definition) is 0. The van der Waals surface area contributed by atoms with Gasteiger partial charge in [-0.15, -0.1) is 0 Å². The molecule has 0 saturated carbocycles. The Hall–Kier alpha value is -1.79. The molecule has 3 rings (SSSR count). The van der Waals surface area contributed by atoms with Crippen molar-refractivity contribution in [2.24, 2.45) is 0 Å². The van der Waals surface area contributed by atoms with Gasteiger partial charge in [0.25, 0.3) is 0 Å². The van der Waals surface area contributed by atoms with Gasteiger partial charge in [0.2, 0.25) is 0 Å². The Kier molecular flexibility index (Phi) is 1.79. The Bertz CT molecular complexity index is 1040. The van der Waals surface area contributed by atoms with Crippen molar-refractivity contribution in [3.05, 3.63) is 36.6 Å². The van der Waals surface area contributed by atoms with Crippen molar-refractivity contribution in [1.29, 1.82) is 0 Å². The van der Waals surface area contributed by atoms with Crippen LogP contribution in [0.5, 0.6) is 5.75 Å². The quantitative estimate of drug-likeness (QED) is 0.815. The fraction of sp³-hybridized carbons (Fsp3) is 0.438. The summed E-state index contributed by atoms with van der Waals surface area (Å²) in [4.78, 5) is 4.00. The molecule has 0 atom stereocenters. The van der Waals surface area contributed by atoms with Crippen LogP contribution >= 0.6 is 0 Å². The summed E-state index contributed by atoms with van der Waals surface area (Å²) in [5.74, 6) is -0.717. The Morgan fingerprint density at radius 3 is 2.59 bits per heavy atom. The largest absolute Gasteiger partial charge is 0.516 e. The van der Waals surface area contributed by atoms with Gasteiger partial charge in [0.1, 0.15) is 7.12 Å². The summed E-state index contributed by atoms with van der Waals surface area (Å²) in [6.45, 7) is 7.19. The summed E-state index contributed by atoms with van der Waals surface area (Å²) in [5, 5.41) is 0. The average Bonchev–Trinajstić information content (AvgIpc) is 3.02. The first-order valence-electron chi connectivity index (χ1n) is 11.2. The minimum Gasteiger partial charge on any atom is -0.495 e. The highest BCUT2D eigenvalue weighted by Gasteiger charge is 2.52. The maximum atomic E-state index is 8.52. The highest BCUT2D eigenvalue weighted by atomic mass is 16.7. The average molecular weight is 309 g/mol. The van der Waals surface area contributed by atoms with E-state index >= 15 is 0 Å². The molecule has 1 aliphatic rings. The van der Waals surface area contributed by atoms with Crippen molar-refractivity contribution in [2.75, 3.05) is 7.04 Å².